The van der Waals surface area contributed by atoms with E-state index in [1.165, 1.54) is 12.8 Å². The third kappa shape index (κ3) is 3.63. The lowest BCUT2D eigenvalue weighted by molar-refractivity contribution is -0.117. The van der Waals surface area contributed by atoms with Crippen LogP contribution in [0, 0.1) is 5.92 Å². The van der Waals surface area contributed by atoms with E-state index in [1.54, 1.807) is 25.3 Å². The highest BCUT2D eigenvalue weighted by molar-refractivity contribution is 5.94. The van der Waals surface area contributed by atoms with Crippen molar-refractivity contribution in [3.8, 4) is 5.75 Å². The van der Waals surface area contributed by atoms with Crippen molar-refractivity contribution in [1.82, 2.24) is 4.90 Å². The molecule has 1 heterocycles. The number of rotatable bonds is 5. The number of nitrogens with two attached hydrogens (primary N) is 1. The van der Waals surface area contributed by atoms with Gasteiger partial charge in [-0.2, -0.15) is 0 Å². The predicted octanol–water partition coefficient (Wildman–Crippen LogP) is 1.95. The van der Waals surface area contributed by atoms with Crippen molar-refractivity contribution in [2.45, 2.75) is 19.8 Å². The van der Waals surface area contributed by atoms with Crippen LogP contribution in [-0.4, -0.2) is 37.6 Å². The monoisotopic (exact) mass is 277 g/mol. The van der Waals surface area contributed by atoms with Gasteiger partial charge in [0.1, 0.15) is 5.75 Å². The second kappa shape index (κ2) is 6.61. The normalized spacial score (nSPS) is 19.0. The summed E-state index contributed by atoms with van der Waals surface area (Å²) in [5.74, 6) is 1.31. The average molecular weight is 277 g/mol. The zero-order valence-corrected chi connectivity index (χ0v) is 12.2. The highest BCUT2D eigenvalue weighted by Gasteiger charge is 2.22. The number of carbonyl (C=O) groups excluding carboxylic acids is 1. The Balaban J connectivity index is 1.92. The number of methoxy groups -OCH3 is 1. The summed E-state index contributed by atoms with van der Waals surface area (Å²) in [5, 5.41) is 2.89. The van der Waals surface area contributed by atoms with Gasteiger partial charge in [-0.05, 0) is 31.0 Å². The van der Waals surface area contributed by atoms with Crippen molar-refractivity contribution in [3.63, 3.8) is 0 Å². The first-order valence-electron chi connectivity index (χ1n) is 7.08. The number of nitrogens with zero attached hydrogens (tertiary/aromatic N) is 1. The molecule has 1 saturated heterocycles. The molecular weight excluding hydrogens is 254 g/mol. The largest absolute Gasteiger partial charge is 0.494 e. The maximum Gasteiger partial charge on any atom is 0.238 e. The number of nitrogen functional groups attached to an aromatic ring is 1. The molecule has 1 aliphatic rings. The van der Waals surface area contributed by atoms with Gasteiger partial charge in [-0.3, -0.25) is 9.69 Å². The van der Waals surface area contributed by atoms with E-state index in [0.29, 0.717) is 23.7 Å². The molecule has 2 rings (SSSR count). The number of hydrogen-bond donors (Lipinski definition) is 2. The quantitative estimate of drug-likeness (QED) is 0.807. The fourth-order valence-corrected chi connectivity index (χ4v) is 2.59. The smallest absolute Gasteiger partial charge is 0.238 e. The van der Waals surface area contributed by atoms with Gasteiger partial charge in [0.15, 0.2) is 0 Å². The van der Waals surface area contributed by atoms with Crippen LogP contribution >= 0.6 is 0 Å². The summed E-state index contributed by atoms with van der Waals surface area (Å²) in [7, 11) is 1.57. The molecule has 110 valence electrons. The predicted molar refractivity (Wildman–Crippen MR) is 80.9 cm³/mol. The summed E-state index contributed by atoms with van der Waals surface area (Å²) in [6.07, 6.45) is 2.37. The van der Waals surface area contributed by atoms with E-state index in [1.807, 2.05) is 0 Å². The van der Waals surface area contributed by atoms with Crippen LogP contribution in [0.5, 0.6) is 5.75 Å². The zero-order valence-electron chi connectivity index (χ0n) is 12.2. The van der Waals surface area contributed by atoms with Crippen molar-refractivity contribution in [2.75, 3.05) is 37.8 Å². The molecule has 0 aliphatic carbocycles. The van der Waals surface area contributed by atoms with Gasteiger partial charge < -0.3 is 15.8 Å². The van der Waals surface area contributed by atoms with E-state index in [-0.39, 0.29) is 5.91 Å². The van der Waals surface area contributed by atoms with Crippen molar-refractivity contribution in [3.05, 3.63) is 18.2 Å². The van der Waals surface area contributed by atoms with Crippen molar-refractivity contribution in [2.24, 2.45) is 5.92 Å². The van der Waals surface area contributed by atoms with E-state index in [2.05, 4.69) is 17.1 Å². The summed E-state index contributed by atoms with van der Waals surface area (Å²) < 4.78 is 5.22. The maximum atomic E-state index is 12.1. The number of likely N-dealkylation sites (tertiary alicyclic amines) is 1. The van der Waals surface area contributed by atoms with Crippen molar-refractivity contribution >= 4 is 17.3 Å². The fraction of sp³-hybridized carbons (Fsp3) is 0.533. The van der Waals surface area contributed by atoms with Gasteiger partial charge in [-0.25, -0.2) is 0 Å². The molecule has 1 aromatic carbocycles. The van der Waals surface area contributed by atoms with E-state index in [0.717, 1.165) is 19.0 Å². The highest BCUT2D eigenvalue weighted by atomic mass is 16.5. The van der Waals surface area contributed by atoms with Crippen LogP contribution < -0.4 is 15.8 Å². The van der Waals surface area contributed by atoms with Crippen molar-refractivity contribution in [1.29, 1.82) is 0 Å². The lowest BCUT2D eigenvalue weighted by Gasteiger charge is -2.16. The molecule has 1 unspecified atom stereocenters. The standard InChI is InChI=1S/C15H23N3O2/c1-3-11-6-7-18(9-11)10-15(19)17-13-5-4-12(16)8-14(13)20-2/h4-5,8,11H,3,6-7,9-10,16H2,1-2H3,(H,17,19). The summed E-state index contributed by atoms with van der Waals surface area (Å²) in [6, 6.07) is 5.23. The van der Waals surface area contributed by atoms with Crippen molar-refractivity contribution < 1.29 is 9.53 Å². The third-order valence-corrected chi connectivity index (χ3v) is 3.81. The fourth-order valence-electron chi connectivity index (χ4n) is 2.59. The van der Waals surface area contributed by atoms with Crippen LogP contribution in [0.2, 0.25) is 0 Å². The number of benzene rings is 1. The van der Waals surface area contributed by atoms with Crippen LogP contribution in [-0.2, 0) is 4.79 Å². The topological polar surface area (TPSA) is 67.6 Å². The first-order chi connectivity index (χ1) is 9.62. The first kappa shape index (κ1) is 14.7. The SMILES string of the molecule is CCC1CCN(CC(=O)Nc2ccc(N)cc2OC)C1. The van der Waals surface area contributed by atoms with Crippen LogP contribution in [0.3, 0.4) is 0 Å². The van der Waals surface area contributed by atoms with Crippen LogP contribution in [0.4, 0.5) is 11.4 Å². The van der Waals surface area contributed by atoms with Gasteiger partial charge in [0, 0.05) is 18.3 Å². The summed E-state index contributed by atoms with van der Waals surface area (Å²) >= 11 is 0. The molecule has 1 aromatic rings. The highest BCUT2D eigenvalue weighted by Crippen LogP contribution is 2.26. The molecule has 1 fully saturated rings. The summed E-state index contributed by atoms with van der Waals surface area (Å²) in [5.41, 5.74) is 6.98. The van der Waals surface area contributed by atoms with Gasteiger partial charge in [0.2, 0.25) is 5.91 Å². The van der Waals surface area contributed by atoms with Crippen LogP contribution in [0.15, 0.2) is 18.2 Å². The lowest BCUT2D eigenvalue weighted by atomic mass is 10.1. The summed E-state index contributed by atoms with van der Waals surface area (Å²) in [4.78, 5) is 14.3. The maximum absolute atomic E-state index is 12.1. The first-order valence-corrected chi connectivity index (χ1v) is 7.08. The molecule has 0 aromatic heterocycles. The Morgan fingerprint density at radius 2 is 2.35 bits per heavy atom. The van der Waals surface area contributed by atoms with Gasteiger partial charge >= 0.3 is 0 Å². The van der Waals surface area contributed by atoms with Crippen LogP contribution in [0.25, 0.3) is 0 Å². The molecule has 1 aliphatic heterocycles. The Labute approximate surface area is 120 Å². The van der Waals surface area contributed by atoms with E-state index >= 15 is 0 Å². The van der Waals surface area contributed by atoms with Crippen LogP contribution in [0.1, 0.15) is 19.8 Å². The Hall–Kier alpha value is -1.75. The number of amides is 1. The van der Waals surface area contributed by atoms with E-state index in [4.69, 9.17) is 10.5 Å². The third-order valence-electron chi connectivity index (χ3n) is 3.81. The van der Waals surface area contributed by atoms with E-state index in [9.17, 15) is 4.79 Å². The molecule has 1 atom stereocenters. The molecule has 0 spiro atoms. The van der Waals surface area contributed by atoms with Gasteiger partial charge in [0.25, 0.3) is 0 Å². The number of hydrogen-bond acceptors (Lipinski definition) is 4. The second-order valence-corrected chi connectivity index (χ2v) is 5.31. The van der Waals surface area contributed by atoms with E-state index < -0.39 is 0 Å². The van der Waals surface area contributed by atoms with Gasteiger partial charge in [-0.15, -0.1) is 0 Å². The minimum atomic E-state index is -0.00942. The molecule has 0 radical (unpaired) electrons. The number of anilines is 2. The van der Waals surface area contributed by atoms with Gasteiger partial charge in [-0.1, -0.05) is 13.3 Å². The second-order valence-electron chi connectivity index (χ2n) is 5.31. The number of ether oxygens (including phenoxy) is 1. The molecular formula is C15H23N3O2. The molecule has 3 N–H and O–H groups in total. The Kier molecular flexibility index (Phi) is 4.84. The number of nitrogens with one attached hydrogen (secondary N) is 1. The molecule has 1 amide bonds. The minimum Gasteiger partial charge on any atom is -0.494 e. The molecule has 20 heavy (non-hydrogen) atoms. The number of carbonyl (C=O) groups is 1. The minimum absolute atomic E-state index is 0.00942. The Morgan fingerprint density at radius 3 is 3.00 bits per heavy atom. The Morgan fingerprint density at radius 1 is 1.55 bits per heavy atom. The average Bonchev–Trinajstić information content (AvgIpc) is 2.88. The zero-order chi connectivity index (χ0) is 14.5. The molecule has 5 heteroatoms. The Bertz CT molecular complexity index is 476. The molecule has 5 nitrogen and oxygen atoms in total. The molecule has 0 bridgehead atoms. The summed E-state index contributed by atoms with van der Waals surface area (Å²) in [6.45, 7) is 4.66. The molecule has 0 saturated carbocycles. The van der Waals surface area contributed by atoms with Gasteiger partial charge in [0.05, 0.1) is 19.3 Å². The lowest BCUT2D eigenvalue weighted by Crippen LogP contribution is -2.31.